The van der Waals surface area contributed by atoms with Crippen LogP contribution in [0.2, 0.25) is 0 Å². The lowest BCUT2D eigenvalue weighted by atomic mass is 10.4. The zero-order valence-corrected chi connectivity index (χ0v) is 12.4. The molecule has 2 rings (SSSR count). The largest absolute Gasteiger partial charge is 0.361 e. The van der Waals surface area contributed by atoms with Crippen molar-refractivity contribution in [1.29, 1.82) is 0 Å². The maximum Gasteiger partial charge on any atom is 0.189 e. The number of hydrogen-bond donors (Lipinski definition) is 1. The highest BCUT2D eigenvalue weighted by Gasteiger charge is 2.06. The number of aromatic nitrogens is 3. The van der Waals surface area contributed by atoms with Crippen LogP contribution in [0, 0.1) is 0 Å². The lowest BCUT2D eigenvalue weighted by Crippen LogP contribution is -1.98. The van der Waals surface area contributed by atoms with Crippen LogP contribution in [0.25, 0.3) is 10.3 Å². The molecule has 6 heteroatoms. The van der Waals surface area contributed by atoms with Gasteiger partial charge in [0.15, 0.2) is 10.3 Å². The summed E-state index contributed by atoms with van der Waals surface area (Å²) < 4.78 is 0. The predicted octanol–water partition coefficient (Wildman–Crippen LogP) is 3.80. The number of anilines is 1. The molecule has 0 aromatic carbocycles. The summed E-state index contributed by atoms with van der Waals surface area (Å²) in [7, 11) is 0. The van der Waals surface area contributed by atoms with Crippen LogP contribution in [0.4, 0.5) is 5.13 Å². The molecule has 2 heterocycles. The van der Waals surface area contributed by atoms with Gasteiger partial charge in [-0.1, -0.05) is 43.4 Å². The minimum absolute atomic E-state index is 0.863. The van der Waals surface area contributed by atoms with Crippen molar-refractivity contribution in [3.8, 4) is 0 Å². The Bertz CT molecular complexity index is 498. The highest BCUT2D eigenvalue weighted by Crippen LogP contribution is 2.25. The molecule has 18 heavy (non-hydrogen) atoms. The van der Waals surface area contributed by atoms with Gasteiger partial charge in [0.1, 0.15) is 10.3 Å². The summed E-state index contributed by atoms with van der Waals surface area (Å²) in [6.07, 6.45) is 5.34. The van der Waals surface area contributed by atoms with Gasteiger partial charge in [-0.3, -0.25) is 0 Å². The summed E-state index contributed by atoms with van der Waals surface area (Å²) in [5.41, 5.74) is 0.887. The molecule has 1 N–H and O–H groups in total. The summed E-state index contributed by atoms with van der Waals surface area (Å²) in [5.74, 6) is 1.09. The molecular weight excluding hydrogens is 264 g/mol. The topological polar surface area (TPSA) is 50.7 Å². The van der Waals surface area contributed by atoms with Crippen LogP contribution in [0.5, 0.6) is 0 Å². The number of thiazole rings is 1. The second kappa shape index (κ2) is 6.89. The van der Waals surface area contributed by atoms with E-state index in [0.717, 1.165) is 39.4 Å². The van der Waals surface area contributed by atoms with Crippen molar-refractivity contribution < 1.29 is 0 Å². The summed E-state index contributed by atoms with van der Waals surface area (Å²) in [4.78, 5) is 14.3. The van der Waals surface area contributed by atoms with Gasteiger partial charge in [0.2, 0.25) is 0 Å². The number of nitrogens with one attached hydrogen (secondary N) is 1. The molecule has 0 saturated heterocycles. The molecule has 0 aliphatic heterocycles. The van der Waals surface area contributed by atoms with Crippen LogP contribution in [0.1, 0.15) is 33.1 Å². The third kappa shape index (κ3) is 3.55. The monoisotopic (exact) mass is 282 g/mol. The second-order valence-electron chi connectivity index (χ2n) is 3.99. The Balaban J connectivity index is 2.07. The normalized spacial score (nSPS) is 11.0. The lowest BCUT2D eigenvalue weighted by Gasteiger charge is -1.97. The van der Waals surface area contributed by atoms with E-state index in [1.807, 2.05) is 6.20 Å². The molecule has 0 unspecified atom stereocenters. The number of unbranched alkanes of at least 4 members (excludes halogenated alkanes) is 1. The number of nitrogens with zero attached hydrogens (tertiary/aromatic N) is 3. The van der Waals surface area contributed by atoms with Gasteiger partial charge in [0, 0.05) is 12.3 Å². The van der Waals surface area contributed by atoms with Crippen LogP contribution in [0.3, 0.4) is 0 Å². The molecule has 0 fully saturated rings. The van der Waals surface area contributed by atoms with Crippen LogP contribution < -0.4 is 5.32 Å². The highest BCUT2D eigenvalue weighted by molar-refractivity contribution is 7.99. The molecule has 2 aromatic heterocycles. The maximum atomic E-state index is 4.54. The third-order valence-electron chi connectivity index (χ3n) is 2.38. The van der Waals surface area contributed by atoms with E-state index >= 15 is 0 Å². The zero-order valence-electron chi connectivity index (χ0n) is 10.8. The standard InChI is InChI=1S/C12H18N4S2/c1-3-5-7-17-11-14-8-9-10(16-11)18-12(15-9)13-6-4-2/h8H,3-7H2,1-2H3,(H,13,15). The predicted molar refractivity (Wildman–Crippen MR) is 79.6 cm³/mol. The Labute approximate surface area is 116 Å². The van der Waals surface area contributed by atoms with Crippen molar-refractivity contribution in [2.75, 3.05) is 17.6 Å². The Morgan fingerprint density at radius 2 is 2.17 bits per heavy atom. The molecule has 0 saturated carbocycles. The minimum atomic E-state index is 0.863. The Kier molecular flexibility index (Phi) is 5.19. The van der Waals surface area contributed by atoms with Crippen molar-refractivity contribution >= 4 is 38.6 Å². The van der Waals surface area contributed by atoms with Crippen LogP contribution in [0.15, 0.2) is 11.4 Å². The fourth-order valence-electron chi connectivity index (χ4n) is 1.41. The quantitative estimate of drug-likeness (QED) is 0.475. The number of hydrogen-bond acceptors (Lipinski definition) is 6. The van der Waals surface area contributed by atoms with Gasteiger partial charge in [0.25, 0.3) is 0 Å². The zero-order chi connectivity index (χ0) is 12.8. The summed E-state index contributed by atoms with van der Waals surface area (Å²) >= 11 is 3.33. The van der Waals surface area contributed by atoms with Crippen molar-refractivity contribution in [3.63, 3.8) is 0 Å². The van der Waals surface area contributed by atoms with Crippen LogP contribution >= 0.6 is 23.1 Å². The molecule has 0 radical (unpaired) electrons. The third-order valence-corrected chi connectivity index (χ3v) is 4.25. The molecule has 0 atom stereocenters. The molecule has 0 amide bonds. The van der Waals surface area contributed by atoms with E-state index < -0.39 is 0 Å². The fraction of sp³-hybridized carbons (Fsp3) is 0.583. The molecule has 0 aliphatic rings. The van der Waals surface area contributed by atoms with Gasteiger partial charge in [-0.2, -0.15) is 0 Å². The summed E-state index contributed by atoms with van der Waals surface area (Å²) in [5, 5.41) is 5.09. The molecule has 98 valence electrons. The average Bonchev–Trinajstić information content (AvgIpc) is 2.78. The van der Waals surface area contributed by atoms with Gasteiger partial charge in [0.05, 0.1) is 6.20 Å². The van der Waals surface area contributed by atoms with E-state index in [4.69, 9.17) is 0 Å². The van der Waals surface area contributed by atoms with Gasteiger partial charge in [-0.25, -0.2) is 15.0 Å². The van der Waals surface area contributed by atoms with Crippen molar-refractivity contribution in [1.82, 2.24) is 15.0 Å². The molecule has 0 bridgehead atoms. The van der Waals surface area contributed by atoms with Crippen molar-refractivity contribution in [2.45, 2.75) is 38.3 Å². The highest BCUT2D eigenvalue weighted by atomic mass is 32.2. The fourth-order valence-corrected chi connectivity index (χ4v) is 3.20. The van der Waals surface area contributed by atoms with Gasteiger partial charge in [-0.05, 0) is 12.8 Å². The smallest absolute Gasteiger partial charge is 0.189 e. The lowest BCUT2D eigenvalue weighted by molar-refractivity contribution is 0.890. The SMILES string of the molecule is CCCCSc1ncc2nc(NCCC)sc2n1. The number of rotatable bonds is 7. The second-order valence-corrected chi connectivity index (χ2v) is 6.03. The van der Waals surface area contributed by atoms with Crippen LogP contribution in [-0.4, -0.2) is 27.2 Å². The first kappa shape index (κ1) is 13.5. The Morgan fingerprint density at radius 3 is 2.94 bits per heavy atom. The average molecular weight is 282 g/mol. The first-order chi connectivity index (χ1) is 8.83. The maximum absolute atomic E-state index is 4.54. The van der Waals surface area contributed by atoms with Gasteiger partial charge >= 0.3 is 0 Å². The van der Waals surface area contributed by atoms with E-state index in [9.17, 15) is 0 Å². The molecular formula is C12H18N4S2. The van der Waals surface area contributed by atoms with Crippen molar-refractivity contribution in [3.05, 3.63) is 6.20 Å². The van der Waals surface area contributed by atoms with E-state index in [2.05, 4.69) is 34.1 Å². The van der Waals surface area contributed by atoms with E-state index in [0.29, 0.717) is 0 Å². The summed E-state index contributed by atoms with van der Waals surface area (Å²) in [6.45, 7) is 5.29. The first-order valence-corrected chi connectivity index (χ1v) is 8.14. The van der Waals surface area contributed by atoms with Gasteiger partial charge in [-0.15, -0.1) is 0 Å². The number of thioether (sulfide) groups is 1. The molecule has 2 aromatic rings. The summed E-state index contributed by atoms with van der Waals surface area (Å²) in [6, 6.07) is 0. The number of fused-ring (bicyclic) bond motifs is 1. The molecule has 0 spiro atoms. The molecule has 0 aliphatic carbocycles. The first-order valence-electron chi connectivity index (χ1n) is 6.33. The van der Waals surface area contributed by atoms with E-state index in [-0.39, 0.29) is 0 Å². The van der Waals surface area contributed by atoms with Crippen molar-refractivity contribution in [2.24, 2.45) is 0 Å². The van der Waals surface area contributed by atoms with Gasteiger partial charge < -0.3 is 5.32 Å². The van der Waals surface area contributed by atoms with E-state index in [1.54, 1.807) is 23.1 Å². The molecule has 4 nitrogen and oxygen atoms in total. The minimum Gasteiger partial charge on any atom is -0.361 e. The van der Waals surface area contributed by atoms with Crippen LogP contribution in [-0.2, 0) is 0 Å². The van der Waals surface area contributed by atoms with E-state index in [1.165, 1.54) is 12.8 Å². The Morgan fingerprint density at radius 1 is 1.28 bits per heavy atom. The Hall–Kier alpha value is -0.880.